The Morgan fingerprint density at radius 3 is 2.42 bits per heavy atom. The van der Waals surface area contributed by atoms with E-state index in [0.29, 0.717) is 22.2 Å². The van der Waals surface area contributed by atoms with Gasteiger partial charge in [-0.05, 0) is 35.8 Å². The van der Waals surface area contributed by atoms with Crippen molar-refractivity contribution in [3.8, 4) is 0 Å². The first-order chi connectivity index (χ1) is 8.67. The van der Waals surface area contributed by atoms with Gasteiger partial charge in [-0.3, -0.25) is 4.79 Å². The van der Waals surface area contributed by atoms with Gasteiger partial charge in [0.1, 0.15) is 0 Å². The molecule has 0 atom stereocenters. The molecule has 0 saturated heterocycles. The molecule has 0 radical (unpaired) electrons. The van der Waals surface area contributed by atoms with Crippen molar-refractivity contribution in [2.24, 2.45) is 5.41 Å². The Morgan fingerprint density at radius 2 is 1.89 bits per heavy atom. The van der Waals surface area contributed by atoms with Crippen LogP contribution in [-0.2, 0) is 4.79 Å². The molecule has 1 aromatic rings. The highest BCUT2D eigenvalue weighted by molar-refractivity contribution is 7.80. The third kappa shape index (κ3) is 6.23. The summed E-state index contributed by atoms with van der Waals surface area (Å²) in [7, 11) is 0. The molecule has 0 saturated carbocycles. The highest BCUT2D eigenvalue weighted by Gasteiger charge is 2.16. The SMILES string of the molecule is CC(C)(C)CC(=O)NC(=S)Nc1ccc(Cl)c(Cl)c1. The molecule has 0 bridgehead atoms. The number of carbonyl (C=O) groups excluding carboxylic acids is 1. The summed E-state index contributed by atoms with van der Waals surface area (Å²) in [5.41, 5.74) is 0.596. The highest BCUT2D eigenvalue weighted by Crippen LogP contribution is 2.25. The van der Waals surface area contributed by atoms with Crippen LogP contribution in [0.4, 0.5) is 5.69 Å². The van der Waals surface area contributed by atoms with E-state index in [2.05, 4.69) is 10.6 Å². The van der Waals surface area contributed by atoms with E-state index in [1.54, 1.807) is 18.2 Å². The van der Waals surface area contributed by atoms with Crippen LogP contribution in [0, 0.1) is 5.41 Å². The van der Waals surface area contributed by atoms with Crippen molar-refractivity contribution in [2.45, 2.75) is 27.2 Å². The zero-order valence-corrected chi connectivity index (χ0v) is 13.3. The standard InChI is InChI=1S/C13H16Cl2N2OS/c1-13(2,3)7-11(18)17-12(19)16-8-4-5-9(14)10(15)6-8/h4-6H,7H2,1-3H3,(H2,16,17,18,19). The molecule has 1 rings (SSSR count). The predicted molar refractivity (Wildman–Crippen MR) is 84.9 cm³/mol. The normalized spacial score (nSPS) is 11.0. The summed E-state index contributed by atoms with van der Waals surface area (Å²) in [6.07, 6.45) is 0.399. The van der Waals surface area contributed by atoms with Crippen molar-refractivity contribution in [2.75, 3.05) is 5.32 Å². The molecule has 19 heavy (non-hydrogen) atoms. The van der Waals surface area contributed by atoms with E-state index in [1.807, 2.05) is 20.8 Å². The topological polar surface area (TPSA) is 41.1 Å². The van der Waals surface area contributed by atoms with Gasteiger partial charge >= 0.3 is 0 Å². The fourth-order valence-electron chi connectivity index (χ4n) is 1.39. The van der Waals surface area contributed by atoms with Crippen LogP contribution in [0.5, 0.6) is 0 Å². The predicted octanol–water partition coefficient (Wildman–Crippen LogP) is 4.24. The summed E-state index contributed by atoms with van der Waals surface area (Å²) < 4.78 is 0. The van der Waals surface area contributed by atoms with Gasteiger partial charge < -0.3 is 10.6 Å². The minimum Gasteiger partial charge on any atom is -0.332 e. The first-order valence-electron chi connectivity index (χ1n) is 5.73. The number of rotatable bonds is 2. The van der Waals surface area contributed by atoms with Crippen LogP contribution in [-0.4, -0.2) is 11.0 Å². The maximum absolute atomic E-state index is 11.7. The summed E-state index contributed by atoms with van der Waals surface area (Å²) in [4.78, 5) is 11.7. The fraction of sp³-hybridized carbons (Fsp3) is 0.385. The second kappa shape index (κ2) is 6.55. The Kier molecular flexibility index (Phi) is 5.59. The molecule has 1 amide bonds. The molecule has 1 aromatic carbocycles. The maximum Gasteiger partial charge on any atom is 0.226 e. The van der Waals surface area contributed by atoms with Crippen LogP contribution in [0.1, 0.15) is 27.2 Å². The highest BCUT2D eigenvalue weighted by atomic mass is 35.5. The molecule has 0 aliphatic rings. The van der Waals surface area contributed by atoms with Crippen molar-refractivity contribution >= 4 is 52.1 Å². The lowest BCUT2D eigenvalue weighted by Gasteiger charge is -2.17. The monoisotopic (exact) mass is 318 g/mol. The van der Waals surface area contributed by atoms with Crippen molar-refractivity contribution in [1.29, 1.82) is 0 Å². The molecule has 104 valence electrons. The maximum atomic E-state index is 11.7. The first-order valence-corrected chi connectivity index (χ1v) is 6.90. The number of thiocarbonyl (C=S) groups is 1. The van der Waals surface area contributed by atoms with E-state index in [4.69, 9.17) is 35.4 Å². The number of hydrogen-bond donors (Lipinski definition) is 2. The third-order valence-electron chi connectivity index (χ3n) is 2.12. The van der Waals surface area contributed by atoms with Gasteiger partial charge in [-0.15, -0.1) is 0 Å². The molecular formula is C13H16Cl2N2OS. The summed E-state index contributed by atoms with van der Waals surface area (Å²) in [6.45, 7) is 5.96. The lowest BCUT2D eigenvalue weighted by atomic mass is 9.92. The first kappa shape index (κ1) is 16.2. The molecule has 0 aliphatic carbocycles. The lowest BCUT2D eigenvalue weighted by Crippen LogP contribution is -2.36. The molecule has 0 heterocycles. The van der Waals surface area contributed by atoms with Gasteiger partial charge in [0.2, 0.25) is 5.91 Å². The number of hydrogen-bond acceptors (Lipinski definition) is 2. The Bertz CT molecular complexity index is 498. The van der Waals surface area contributed by atoms with Crippen LogP contribution in [0.15, 0.2) is 18.2 Å². The van der Waals surface area contributed by atoms with Gasteiger partial charge in [-0.25, -0.2) is 0 Å². The van der Waals surface area contributed by atoms with Crippen molar-refractivity contribution in [3.63, 3.8) is 0 Å². The van der Waals surface area contributed by atoms with Crippen molar-refractivity contribution < 1.29 is 4.79 Å². The number of amides is 1. The number of anilines is 1. The molecule has 0 aliphatic heterocycles. The smallest absolute Gasteiger partial charge is 0.226 e. The third-order valence-corrected chi connectivity index (χ3v) is 3.06. The van der Waals surface area contributed by atoms with Gasteiger partial charge in [-0.1, -0.05) is 44.0 Å². The van der Waals surface area contributed by atoms with Gasteiger partial charge in [0, 0.05) is 12.1 Å². The number of nitrogens with one attached hydrogen (secondary N) is 2. The molecule has 0 aromatic heterocycles. The minimum atomic E-state index is -0.120. The van der Waals surface area contributed by atoms with E-state index in [1.165, 1.54) is 0 Å². The largest absolute Gasteiger partial charge is 0.332 e. The molecule has 6 heteroatoms. The zero-order valence-electron chi connectivity index (χ0n) is 11.0. The second-order valence-electron chi connectivity index (χ2n) is 5.37. The van der Waals surface area contributed by atoms with Crippen LogP contribution >= 0.6 is 35.4 Å². The summed E-state index contributed by atoms with van der Waals surface area (Å²) >= 11 is 16.8. The van der Waals surface area contributed by atoms with Gasteiger partial charge in [0.25, 0.3) is 0 Å². The molecule has 2 N–H and O–H groups in total. The van der Waals surface area contributed by atoms with E-state index in [0.717, 1.165) is 0 Å². The van der Waals surface area contributed by atoms with E-state index >= 15 is 0 Å². The summed E-state index contributed by atoms with van der Waals surface area (Å²) in [6, 6.07) is 5.04. The minimum absolute atomic E-state index is 0.0801. The number of benzene rings is 1. The van der Waals surface area contributed by atoms with Crippen LogP contribution in [0.3, 0.4) is 0 Å². The van der Waals surface area contributed by atoms with E-state index < -0.39 is 0 Å². The Labute approximate surface area is 128 Å². The molecule has 0 fully saturated rings. The average Bonchev–Trinajstić information content (AvgIpc) is 2.20. The van der Waals surface area contributed by atoms with Crippen molar-refractivity contribution in [3.05, 3.63) is 28.2 Å². The van der Waals surface area contributed by atoms with Gasteiger partial charge in [-0.2, -0.15) is 0 Å². The Morgan fingerprint density at radius 1 is 1.26 bits per heavy atom. The quantitative estimate of drug-likeness (QED) is 0.801. The van der Waals surface area contributed by atoms with E-state index in [-0.39, 0.29) is 16.4 Å². The molecular weight excluding hydrogens is 303 g/mol. The molecule has 3 nitrogen and oxygen atoms in total. The lowest BCUT2D eigenvalue weighted by molar-refractivity contribution is -0.121. The second-order valence-corrected chi connectivity index (χ2v) is 6.59. The average molecular weight is 319 g/mol. The van der Waals surface area contributed by atoms with Crippen LogP contribution in [0.2, 0.25) is 10.0 Å². The number of halogens is 2. The van der Waals surface area contributed by atoms with Gasteiger partial charge in [0.05, 0.1) is 10.0 Å². The van der Waals surface area contributed by atoms with Crippen LogP contribution in [0.25, 0.3) is 0 Å². The summed E-state index contributed by atoms with van der Waals surface area (Å²) in [5, 5.41) is 6.64. The van der Waals surface area contributed by atoms with Crippen molar-refractivity contribution in [1.82, 2.24) is 5.32 Å². The molecule has 0 unspecified atom stereocenters. The van der Waals surface area contributed by atoms with Crippen LogP contribution < -0.4 is 10.6 Å². The summed E-state index contributed by atoms with van der Waals surface area (Å²) in [5.74, 6) is -0.120. The zero-order chi connectivity index (χ0) is 14.6. The fourth-order valence-corrected chi connectivity index (χ4v) is 1.92. The molecule has 0 spiro atoms. The Hall–Kier alpha value is -0.840. The van der Waals surface area contributed by atoms with E-state index in [9.17, 15) is 4.79 Å². The van der Waals surface area contributed by atoms with Gasteiger partial charge in [0.15, 0.2) is 5.11 Å². The Balaban J connectivity index is 2.56. The number of carbonyl (C=O) groups is 1.